The van der Waals surface area contributed by atoms with E-state index in [1.165, 1.54) is 0 Å². The highest BCUT2D eigenvalue weighted by molar-refractivity contribution is 5.38. The highest BCUT2D eigenvalue weighted by atomic mass is 19.1. The number of halogens is 1. The maximum atomic E-state index is 13.7. The van der Waals surface area contributed by atoms with E-state index in [0.29, 0.717) is 0 Å². The van der Waals surface area contributed by atoms with Gasteiger partial charge in [0.15, 0.2) is 11.6 Å². The summed E-state index contributed by atoms with van der Waals surface area (Å²) >= 11 is 0. The average molecular weight is 302 g/mol. The Bertz CT molecular complexity index is 789. The predicted molar refractivity (Wildman–Crippen MR) is 84.4 cm³/mol. The molecule has 0 aliphatic heterocycles. The van der Waals surface area contributed by atoms with Crippen molar-refractivity contribution in [3.8, 4) is 6.01 Å². The molecule has 2 rings (SSSR count). The zero-order valence-electron chi connectivity index (χ0n) is 13.1. The van der Waals surface area contributed by atoms with Crippen molar-refractivity contribution in [2.75, 3.05) is 12.4 Å². The molecule has 0 unspecified atom stereocenters. The monoisotopic (exact) mass is 302 g/mol. The van der Waals surface area contributed by atoms with Crippen LogP contribution in [-0.2, 0) is 6.61 Å². The Labute approximate surface area is 128 Å². The third-order valence-corrected chi connectivity index (χ3v) is 3.26. The van der Waals surface area contributed by atoms with E-state index in [0.717, 1.165) is 16.1 Å². The number of nitrogens with zero attached hydrogens (tertiary/aromatic N) is 3. The Kier molecular flexibility index (Phi) is 5.04. The SMILES string of the molecule is C/C=c1/c(COc2nc(C)c(F)c(NC)n2)ccn/c1=C/C. The number of hydrogen-bond donors (Lipinski definition) is 1. The van der Waals surface area contributed by atoms with Gasteiger partial charge in [0.25, 0.3) is 0 Å². The molecule has 1 N–H and O–H groups in total. The van der Waals surface area contributed by atoms with E-state index in [1.54, 1.807) is 20.2 Å². The fourth-order valence-electron chi connectivity index (χ4n) is 2.13. The van der Waals surface area contributed by atoms with Crippen molar-refractivity contribution in [1.82, 2.24) is 15.0 Å². The van der Waals surface area contributed by atoms with E-state index >= 15 is 0 Å². The van der Waals surface area contributed by atoms with Crippen LogP contribution in [0.15, 0.2) is 12.3 Å². The fourth-order valence-corrected chi connectivity index (χ4v) is 2.13. The molecule has 0 aliphatic rings. The van der Waals surface area contributed by atoms with Gasteiger partial charge < -0.3 is 10.1 Å². The number of pyridine rings is 1. The zero-order chi connectivity index (χ0) is 16.1. The topological polar surface area (TPSA) is 59.9 Å². The fraction of sp³-hybridized carbons (Fsp3) is 0.312. The Balaban J connectivity index is 2.30. The molecule has 116 valence electrons. The van der Waals surface area contributed by atoms with Crippen LogP contribution in [0.3, 0.4) is 0 Å². The van der Waals surface area contributed by atoms with Crippen molar-refractivity contribution >= 4 is 18.0 Å². The number of rotatable bonds is 4. The number of hydrogen-bond acceptors (Lipinski definition) is 5. The zero-order valence-corrected chi connectivity index (χ0v) is 13.1. The molecular weight excluding hydrogens is 283 g/mol. The van der Waals surface area contributed by atoms with Crippen LogP contribution < -0.4 is 20.6 Å². The van der Waals surface area contributed by atoms with Gasteiger partial charge in [0.05, 0.1) is 11.0 Å². The molecule has 0 saturated heterocycles. The lowest BCUT2D eigenvalue weighted by atomic mass is 10.2. The molecule has 0 aliphatic carbocycles. The summed E-state index contributed by atoms with van der Waals surface area (Å²) in [6, 6.07) is 2.03. The summed E-state index contributed by atoms with van der Waals surface area (Å²) in [5, 5.41) is 4.60. The molecule has 5 nitrogen and oxygen atoms in total. The second kappa shape index (κ2) is 6.98. The Morgan fingerprint density at radius 2 is 2.05 bits per heavy atom. The molecule has 2 aromatic rings. The van der Waals surface area contributed by atoms with Gasteiger partial charge in [-0.1, -0.05) is 12.2 Å². The lowest BCUT2D eigenvalue weighted by Gasteiger charge is -2.09. The molecule has 0 spiro atoms. The molecule has 22 heavy (non-hydrogen) atoms. The van der Waals surface area contributed by atoms with Gasteiger partial charge in [-0.15, -0.1) is 0 Å². The number of aryl methyl sites for hydroxylation is 1. The highest BCUT2D eigenvalue weighted by Crippen LogP contribution is 2.17. The van der Waals surface area contributed by atoms with E-state index in [4.69, 9.17) is 4.74 Å². The molecule has 0 bridgehead atoms. The van der Waals surface area contributed by atoms with Crippen LogP contribution in [0.2, 0.25) is 0 Å². The number of aromatic nitrogens is 3. The minimum absolute atomic E-state index is 0.127. The van der Waals surface area contributed by atoms with Gasteiger partial charge >= 0.3 is 6.01 Å². The van der Waals surface area contributed by atoms with E-state index in [9.17, 15) is 4.39 Å². The van der Waals surface area contributed by atoms with Gasteiger partial charge in [-0.05, 0) is 32.4 Å². The van der Waals surface area contributed by atoms with Crippen LogP contribution in [-0.4, -0.2) is 22.0 Å². The quantitative estimate of drug-likeness (QED) is 0.928. The second-order valence-electron chi connectivity index (χ2n) is 4.64. The highest BCUT2D eigenvalue weighted by Gasteiger charge is 2.11. The third kappa shape index (κ3) is 3.21. The minimum Gasteiger partial charge on any atom is -0.459 e. The van der Waals surface area contributed by atoms with Crippen LogP contribution in [0.25, 0.3) is 12.2 Å². The summed E-state index contributed by atoms with van der Waals surface area (Å²) in [5.41, 5.74) is 1.22. The van der Waals surface area contributed by atoms with E-state index in [2.05, 4.69) is 20.3 Å². The summed E-state index contributed by atoms with van der Waals surface area (Å²) in [4.78, 5) is 12.3. The first-order chi connectivity index (χ1) is 10.6. The first kappa shape index (κ1) is 15.9. The van der Waals surface area contributed by atoms with E-state index < -0.39 is 5.82 Å². The van der Waals surface area contributed by atoms with Gasteiger partial charge in [-0.25, -0.2) is 4.39 Å². The molecule has 0 saturated carbocycles. The van der Waals surface area contributed by atoms with Gasteiger partial charge in [-0.3, -0.25) is 4.98 Å². The van der Waals surface area contributed by atoms with Gasteiger partial charge in [0.1, 0.15) is 6.61 Å². The van der Waals surface area contributed by atoms with Crippen LogP contribution in [0, 0.1) is 12.7 Å². The first-order valence-electron chi connectivity index (χ1n) is 7.02. The molecule has 0 amide bonds. The van der Waals surface area contributed by atoms with Crippen LogP contribution in [0.5, 0.6) is 6.01 Å². The minimum atomic E-state index is -0.468. The normalized spacial score (nSPS) is 12.6. The molecule has 2 aromatic heterocycles. The van der Waals surface area contributed by atoms with Crippen molar-refractivity contribution in [1.29, 1.82) is 0 Å². The second-order valence-corrected chi connectivity index (χ2v) is 4.64. The Morgan fingerprint density at radius 1 is 1.27 bits per heavy atom. The number of anilines is 1. The van der Waals surface area contributed by atoms with Gasteiger partial charge in [0, 0.05) is 18.5 Å². The number of nitrogens with one attached hydrogen (secondary N) is 1. The van der Waals surface area contributed by atoms with Crippen LogP contribution in [0.4, 0.5) is 10.2 Å². The van der Waals surface area contributed by atoms with Crippen molar-refractivity contribution in [3.05, 3.63) is 39.9 Å². The van der Waals surface area contributed by atoms with Crippen molar-refractivity contribution in [2.24, 2.45) is 0 Å². The van der Waals surface area contributed by atoms with Crippen LogP contribution in [0.1, 0.15) is 25.1 Å². The average Bonchev–Trinajstić information content (AvgIpc) is 2.55. The summed E-state index contributed by atoms with van der Waals surface area (Å²) in [7, 11) is 1.60. The molecular formula is C16H19FN4O. The van der Waals surface area contributed by atoms with Crippen molar-refractivity contribution in [2.45, 2.75) is 27.4 Å². The standard InChI is InChI=1S/C16H19FN4O/c1-5-12-11(7-8-19-13(12)6-2)9-22-16-20-10(3)14(17)15(18-4)21-16/h5-8H,9H2,1-4H3,(H,18,20,21)/b12-5-,13-6+. The van der Waals surface area contributed by atoms with E-state index in [-0.39, 0.29) is 24.1 Å². The summed E-state index contributed by atoms with van der Waals surface area (Å²) in [6.45, 7) is 5.75. The first-order valence-corrected chi connectivity index (χ1v) is 7.02. The Morgan fingerprint density at radius 3 is 2.68 bits per heavy atom. The predicted octanol–water partition coefficient (Wildman–Crippen LogP) is 1.54. The largest absolute Gasteiger partial charge is 0.459 e. The molecule has 0 atom stereocenters. The molecule has 0 aromatic carbocycles. The summed E-state index contributed by atoms with van der Waals surface area (Å²) in [6.07, 6.45) is 5.66. The maximum absolute atomic E-state index is 13.7. The maximum Gasteiger partial charge on any atom is 0.319 e. The van der Waals surface area contributed by atoms with Crippen molar-refractivity contribution < 1.29 is 9.13 Å². The summed E-state index contributed by atoms with van der Waals surface area (Å²) < 4.78 is 19.3. The molecule has 6 heteroatoms. The lowest BCUT2D eigenvalue weighted by Crippen LogP contribution is -2.31. The third-order valence-electron chi connectivity index (χ3n) is 3.26. The lowest BCUT2D eigenvalue weighted by molar-refractivity contribution is 0.278. The van der Waals surface area contributed by atoms with Crippen molar-refractivity contribution in [3.63, 3.8) is 0 Å². The van der Waals surface area contributed by atoms with Gasteiger partial charge in [-0.2, -0.15) is 9.97 Å². The molecule has 0 fully saturated rings. The Hall–Kier alpha value is -2.50. The van der Waals surface area contributed by atoms with Crippen LogP contribution >= 0.6 is 0 Å². The smallest absolute Gasteiger partial charge is 0.319 e. The molecule has 2 heterocycles. The van der Waals surface area contributed by atoms with E-state index in [1.807, 2.05) is 32.1 Å². The molecule has 0 radical (unpaired) electrons. The number of ether oxygens (including phenoxy) is 1. The van der Waals surface area contributed by atoms with Gasteiger partial charge in [0.2, 0.25) is 0 Å². The summed E-state index contributed by atoms with van der Waals surface area (Å²) in [5.74, 6) is -0.341.